The largest absolute Gasteiger partial charge is 0.479 e. The highest BCUT2D eigenvalue weighted by Crippen LogP contribution is 2.36. The van der Waals surface area contributed by atoms with E-state index in [2.05, 4.69) is 17.4 Å². The van der Waals surface area contributed by atoms with Crippen molar-refractivity contribution in [1.29, 1.82) is 5.26 Å². The van der Waals surface area contributed by atoms with Gasteiger partial charge in [-0.15, -0.1) is 11.8 Å². The third-order valence-electron chi connectivity index (χ3n) is 4.08. The van der Waals surface area contributed by atoms with Gasteiger partial charge in [0.25, 0.3) is 0 Å². The van der Waals surface area contributed by atoms with Crippen LogP contribution in [0.4, 0.5) is 5.69 Å². The smallest absolute Gasteiger partial charge is 0.234 e. The molecule has 1 amide bonds. The van der Waals surface area contributed by atoms with Crippen molar-refractivity contribution in [3.05, 3.63) is 95.0 Å². The summed E-state index contributed by atoms with van der Waals surface area (Å²) in [5, 5.41) is 12.2. The fourth-order valence-corrected chi connectivity index (χ4v) is 4.00. The molecule has 3 aromatic rings. The molecule has 0 aliphatic carbocycles. The fraction of sp³-hybridized carbons (Fsp3) is 0.130. The number of carbonyl (C=O) groups is 1. The van der Waals surface area contributed by atoms with Gasteiger partial charge in [-0.05, 0) is 35.4 Å². The summed E-state index contributed by atoms with van der Waals surface area (Å²) in [6, 6.07) is 26.7. The molecular weight excluding hydrogens is 404 g/mol. The molecule has 1 unspecified atom stereocenters. The van der Waals surface area contributed by atoms with Crippen molar-refractivity contribution in [3.63, 3.8) is 0 Å². The van der Waals surface area contributed by atoms with E-state index in [1.165, 1.54) is 0 Å². The molecule has 1 N–H and O–H groups in total. The highest BCUT2D eigenvalue weighted by molar-refractivity contribution is 8.00. The van der Waals surface area contributed by atoms with E-state index in [1.807, 2.05) is 48.5 Å². The second kappa shape index (κ2) is 10.6. The van der Waals surface area contributed by atoms with Crippen LogP contribution in [0.25, 0.3) is 0 Å². The standard InChI is InChI=1S/C23H19ClN2O2S/c24-19-11-9-18(10-12-19)23(17-5-2-1-3-6-17)29-16-22(27)26-20-7-4-8-21(15-20)28-14-13-25/h1-12,15,23H,14,16H2,(H,26,27). The van der Waals surface area contributed by atoms with Crippen LogP contribution in [0, 0.1) is 11.3 Å². The third-order valence-corrected chi connectivity index (χ3v) is 5.64. The molecule has 29 heavy (non-hydrogen) atoms. The Morgan fingerprint density at radius 3 is 2.48 bits per heavy atom. The van der Waals surface area contributed by atoms with Crippen molar-refractivity contribution in [2.75, 3.05) is 17.7 Å². The normalized spacial score (nSPS) is 11.3. The summed E-state index contributed by atoms with van der Waals surface area (Å²) in [6.07, 6.45) is 0. The van der Waals surface area contributed by atoms with Crippen LogP contribution in [-0.4, -0.2) is 18.3 Å². The highest BCUT2D eigenvalue weighted by Gasteiger charge is 2.16. The second-order valence-corrected chi connectivity index (χ2v) is 7.71. The molecule has 0 fully saturated rings. The minimum atomic E-state index is -0.109. The number of halogens is 1. The molecule has 0 radical (unpaired) electrons. The fourth-order valence-electron chi connectivity index (χ4n) is 2.79. The van der Waals surface area contributed by atoms with E-state index >= 15 is 0 Å². The van der Waals surface area contributed by atoms with Gasteiger partial charge in [-0.2, -0.15) is 5.26 Å². The summed E-state index contributed by atoms with van der Waals surface area (Å²) < 4.78 is 5.27. The summed E-state index contributed by atoms with van der Waals surface area (Å²) in [5.41, 5.74) is 2.85. The summed E-state index contributed by atoms with van der Waals surface area (Å²) in [6.45, 7) is -0.0346. The zero-order valence-corrected chi connectivity index (χ0v) is 17.1. The number of thioether (sulfide) groups is 1. The van der Waals surface area contributed by atoms with Crippen LogP contribution < -0.4 is 10.1 Å². The average molecular weight is 423 g/mol. The molecule has 0 saturated carbocycles. The predicted molar refractivity (Wildman–Crippen MR) is 118 cm³/mol. The van der Waals surface area contributed by atoms with E-state index < -0.39 is 0 Å². The van der Waals surface area contributed by atoms with Crippen molar-refractivity contribution >= 4 is 35.0 Å². The number of benzene rings is 3. The minimum absolute atomic E-state index is 0.0181. The quantitative estimate of drug-likeness (QED) is 0.505. The van der Waals surface area contributed by atoms with Crippen molar-refractivity contribution in [2.24, 2.45) is 0 Å². The van der Waals surface area contributed by atoms with E-state index in [-0.39, 0.29) is 23.5 Å². The number of ether oxygens (including phenoxy) is 1. The highest BCUT2D eigenvalue weighted by atomic mass is 35.5. The third kappa shape index (κ3) is 6.28. The Hall–Kier alpha value is -2.94. The number of hydrogen-bond acceptors (Lipinski definition) is 4. The maximum atomic E-state index is 12.5. The number of nitrogens with one attached hydrogen (secondary N) is 1. The maximum absolute atomic E-state index is 12.5. The summed E-state index contributed by atoms with van der Waals surface area (Å²) in [7, 11) is 0. The minimum Gasteiger partial charge on any atom is -0.479 e. The number of nitriles is 1. The zero-order chi connectivity index (χ0) is 20.5. The monoisotopic (exact) mass is 422 g/mol. The lowest BCUT2D eigenvalue weighted by Gasteiger charge is -2.18. The maximum Gasteiger partial charge on any atom is 0.234 e. The van der Waals surface area contributed by atoms with Crippen molar-refractivity contribution in [1.82, 2.24) is 0 Å². The summed E-state index contributed by atoms with van der Waals surface area (Å²) in [4.78, 5) is 12.5. The molecule has 0 spiro atoms. The number of nitrogens with zero attached hydrogens (tertiary/aromatic N) is 1. The SMILES string of the molecule is N#CCOc1cccc(NC(=O)CSC(c2ccccc2)c2ccc(Cl)cc2)c1. The molecule has 3 aromatic carbocycles. The molecule has 4 nitrogen and oxygen atoms in total. The van der Waals surface area contributed by atoms with Crippen LogP contribution in [0.2, 0.25) is 5.02 Å². The average Bonchev–Trinajstić information content (AvgIpc) is 2.74. The van der Waals surface area contributed by atoms with E-state index in [4.69, 9.17) is 21.6 Å². The van der Waals surface area contributed by atoms with Crippen LogP contribution in [-0.2, 0) is 4.79 Å². The second-order valence-electron chi connectivity index (χ2n) is 6.18. The zero-order valence-electron chi connectivity index (χ0n) is 15.5. The van der Waals surface area contributed by atoms with Gasteiger partial charge in [-0.1, -0.05) is 60.1 Å². The van der Waals surface area contributed by atoms with Crippen molar-refractivity contribution in [2.45, 2.75) is 5.25 Å². The van der Waals surface area contributed by atoms with Gasteiger partial charge in [-0.25, -0.2) is 0 Å². The van der Waals surface area contributed by atoms with Gasteiger partial charge in [0.1, 0.15) is 11.8 Å². The predicted octanol–water partition coefficient (Wildman–Crippen LogP) is 5.70. The first-order chi connectivity index (χ1) is 14.2. The molecule has 0 heterocycles. The van der Waals surface area contributed by atoms with Gasteiger partial charge < -0.3 is 10.1 Å². The molecule has 0 aromatic heterocycles. The van der Waals surface area contributed by atoms with E-state index in [0.717, 1.165) is 11.1 Å². The van der Waals surface area contributed by atoms with E-state index in [1.54, 1.807) is 36.0 Å². The van der Waals surface area contributed by atoms with E-state index in [0.29, 0.717) is 16.5 Å². The molecule has 0 aliphatic heterocycles. The molecule has 0 bridgehead atoms. The van der Waals surface area contributed by atoms with Gasteiger partial charge in [0.05, 0.1) is 11.0 Å². The van der Waals surface area contributed by atoms with Crippen LogP contribution in [0.5, 0.6) is 5.75 Å². The number of hydrogen-bond donors (Lipinski definition) is 1. The summed E-state index contributed by atoms with van der Waals surface area (Å²) >= 11 is 7.58. The van der Waals surface area contributed by atoms with Gasteiger partial charge in [0.15, 0.2) is 6.61 Å². The number of amides is 1. The molecule has 3 rings (SSSR count). The Labute approximate surface area is 179 Å². The molecular formula is C23H19ClN2O2S. The van der Waals surface area contributed by atoms with Crippen LogP contribution in [0.15, 0.2) is 78.9 Å². The number of carbonyl (C=O) groups excluding carboxylic acids is 1. The Morgan fingerprint density at radius 1 is 1.03 bits per heavy atom. The lowest BCUT2D eigenvalue weighted by atomic mass is 10.0. The Morgan fingerprint density at radius 2 is 1.76 bits per heavy atom. The van der Waals surface area contributed by atoms with E-state index in [9.17, 15) is 4.79 Å². The van der Waals surface area contributed by atoms with Crippen molar-refractivity contribution in [3.8, 4) is 11.8 Å². The molecule has 0 aliphatic rings. The van der Waals surface area contributed by atoms with Crippen molar-refractivity contribution < 1.29 is 9.53 Å². The molecule has 0 saturated heterocycles. The first-order valence-electron chi connectivity index (χ1n) is 8.97. The van der Waals surface area contributed by atoms with Gasteiger partial charge in [0.2, 0.25) is 5.91 Å². The van der Waals surface area contributed by atoms with Crippen LogP contribution >= 0.6 is 23.4 Å². The lowest BCUT2D eigenvalue weighted by Crippen LogP contribution is -2.15. The summed E-state index contributed by atoms with van der Waals surface area (Å²) in [5.74, 6) is 0.716. The number of rotatable bonds is 8. The Kier molecular flexibility index (Phi) is 7.57. The molecule has 146 valence electrons. The lowest BCUT2D eigenvalue weighted by molar-refractivity contribution is -0.113. The Bertz CT molecular complexity index is 988. The van der Waals surface area contributed by atoms with Gasteiger partial charge in [0, 0.05) is 16.8 Å². The Balaban J connectivity index is 1.67. The van der Waals surface area contributed by atoms with Gasteiger partial charge in [-0.3, -0.25) is 4.79 Å². The van der Waals surface area contributed by atoms with Gasteiger partial charge >= 0.3 is 0 Å². The first kappa shape index (κ1) is 20.8. The molecule has 6 heteroatoms. The van der Waals surface area contributed by atoms with Crippen LogP contribution in [0.1, 0.15) is 16.4 Å². The topological polar surface area (TPSA) is 62.1 Å². The molecule has 1 atom stereocenters. The number of anilines is 1. The van der Waals surface area contributed by atoms with Crippen LogP contribution in [0.3, 0.4) is 0 Å². The first-order valence-corrected chi connectivity index (χ1v) is 10.4.